The molecular formula is C24H28N6O2S. The molecule has 0 radical (unpaired) electrons. The lowest BCUT2D eigenvalue weighted by atomic mass is 9.99. The number of benzene rings is 1. The van der Waals surface area contributed by atoms with Crippen LogP contribution in [-0.4, -0.2) is 70.3 Å². The Morgan fingerprint density at radius 3 is 2.52 bits per heavy atom. The van der Waals surface area contributed by atoms with Crippen LogP contribution in [0, 0.1) is 0 Å². The minimum Gasteiger partial charge on any atom is -0.465 e. The maximum atomic E-state index is 11.2. The number of amides is 1. The number of aromatic nitrogens is 3. The summed E-state index contributed by atoms with van der Waals surface area (Å²) in [7, 11) is 0. The van der Waals surface area contributed by atoms with Crippen molar-refractivity contribution in [3.05, 3.63) is 47.8 Å². The van der Waals surface area contributed by atoms with Gasteiger partial charge in [-0.25, -0.2) is 19.7 Å². The molecule has 1 aromatic carbocycles. The topological polar surface area (TPSA) is 85.7 Å². The third kappa shape index (κ3) is 4.50. The third-order valence-electron chi connectivity index (χ3n) is 6.30. The summed E-state index contributed by atoms with van der Waals surface area (Å²) in [5.74, 6) is 0.806. The average molecular weight is 465 g/mol. The van der Waals surface area contributed by atoms with Gasteiger partial charge in [-0.2, -0.15) is 0 Å². The number of para-hydroxylation sites is 1. The fourth-order valence-electron chi connectivity index (χ4n) is 4.45. The molecule has 2 aliphatic rings. The molecule has 2 aliphatic heterocycles. The maximum Gasteiger partial charge on any atom is 0.407 e. The van der Waals surface area contributed by atoms with Gasteiger partial charge in [0.25, 0.3) is 0 Å². The van der Waals surface area contributed by atoms with E-state index in [9.17, 15) is 9.90 Å². The molecule has 172 valence electrons. The van der Waals surface area contributed by atoms with Crippen molar-refractivity contribution in [3.63, 3.8) is 0 Å². The minimum absolute atomic E-state index is 0.432. The summed E-state index contributed by atoms with van der Waals surface area (Å²) < 4.78 is 1.17. The van der Waals surface area contributed by atoms with E-state index in [4.69, 9.17) is 4.98 Å². The number of fused-ring (bicyclic) bond motifs is 1. The van der Waals surface area contributed by atoms with E-state index in [1.54, 1.807) is 11.3 Å². The van der Waals surface area contributed by atoms with E-state index in [0.29, 0.717) is 19.5 Å². The molecule has 0 aliphatic carbocycles. The second-order valence-corrected chi connectivity index (χ2v) is 9.48. The van der Waals surface area contributed by atoms with E-state index in [1.807, 2.05) is 18.5 Å². The first kappa shape index (κ1) is 21.6. The first-order chi connectivity index (χ1) is 16.1. The highest BCUT2D eigenvalue weighted by atomic mass is 32.1. The molecule has 0 unspecified atom stereocenters. The van der Waals surface area contributed by atoms with Crippen molar-refractivity contribution in [2.75, 3.05) is 49.1 Å². The van der Waals surface area contributed by atoms with Gasteiger partial charge in [0, 0.05) is 57.2 Å². The van der Waals surface area contributed by atoms with Crippen molar-refractivity contribution in [1.82, 2.24) is 19.9 Å². The summed E-state index contributed by atoms with van der Waals surface area (Å²) in [6.07, 6.45) is 7.89. The fourth-order valence-corrected chi connectivity index (χ4v) is 5.49. The van der Waals surface area contributed by atoms with Gasteiger partial charge >= 0.3 is 6.09 Å². The van der Waals surface area contributed by atoms with Crippen LogP contribution >= 0.6 is 11.3 Å². The lowest BCUT2D eigenvalue weighted by Crippen LogP contribution is -2.47. The van der Waals surface area contributed by atoms with Crippen LogP contribution in [0.3, 0.4) is 0 Å². The number of hydrogen-bond acceptors (Lipinski definition) is 7. The van der Waals surface area contributed by atoms with Crippen molar-refractivity contribution >= 4 is 44.3 Å². The molecule has 0 spiro atoms. The summed E-state index contributed by atoms with van der Waals surface area (Å²) in [4.78, 5) is 31.4. The normalized spacial score (nSPS) is 16.9. The zero-order chi connectivity index (χ0) is 22.8. The van der Waals surface area contributed by atoms with Crippen LogP contribution in [-0.2, 0) is 6.42 Å². The van der Waals surface area contributed by atoms with E-state index in [2.05, 4.69) is 44.9 Å². The molecule has 5 rings (SSSR count). The summed E-state index contributed by atoms with van der Waals surface area (Å²) in [6, 6.07) is 6.29. The van der Waals surface area contributed by atoms with Gasteiger partial charge in [-0.05, 0) is 30.0 Å². The molecule has 4 heterocycles. The Balaban J connectivity index is 1.29. The molecule has 0 atom stereocenters. The standard InChI is InChI=1S/C24H28N6O2S/c1-2-4-17-15-25-22(26-16-17)28-11-13-29(14-12-28)23-27-21-19(5-3-6-20(21)33-23)18-7-9-30(10-8-18)24(31)32/h3,5-7,15-16H,2,4,8-14H2,1H3,(H,31,32). The number of aryl methyl sites for hydroxylation is 1. The van der Waals surface area contributed by atoms with Crippen LogP contribution in [0.5, 0.6) is 0 Å². The molecule has 1 saturated heterocycles. The SMILES string of the molecule is CCCc1cnc(N2CCN(c3nc4c(C5=CCN(C(=O)O)CC5)cccc4s3)CC2)nc1. The predicted octanol–water partition coefficient (Wildman–Crippen LogP) is 4.13. The van der Waals surface area contributed by atoms with Gasteiger partial charge in [-0.3, -0.25) is 0 Å². The number of anilines is 2. The number of piperazine rings is 1. The molecule has 9 heteroatoms. The molecule has 1 N–H and O–H groups in total. The second kappa shape index (κ2) is 9.35. The molecule has 8 nitrogen and oxygen atoms in total. The Morgan fingerprint density at radius 2 is 1.85 bits per heavy atom. The molecule has 1 fully saturated rings. The number of carbonyl (C=O) groups is 1. The Kier molecular flexibility index (Phi) is 6.13. The van der Waals surface area contributed by atoms with Gasteiger partial charge in [-0.1, -0.05) is 42.9 Å². The molecule has 33 heavy (non-hydrogen) atoms. The minimum atomic E-state index is -0.860. The lowest BCUT2D eigenvalue weighted by molar-refractivity contribution is 0.150. The molecule has 1 amide bonds. The Bertz CT molecular complexity index is 1170. The van der Waals surface area contributed by atoms with Crippen molar-refractivity contribution < 1.29 is 9.90 Å². The van der Waals surface area contributed by atoms with Crippen molar-refractivity contribution in [3.8, 4) is 0 Å². The molecule has 2 aromatic heterocycles. The lowest BCUT2D eigenvalue weighted by Gasteiger charge is -2.34. The summed E-state index contributed by atoms with van der Waals surface area (Å²) in [5.41, 5.74) is 4.52. The average Bonchev–Trinajstić information content (AvgIpc) is 3.29. The van der Waals surface area contributed by atoms with E-state index >= 15 is 0 Å². The Hall–Kier alpha value is -3.20. The van der Waals surface area contributed by atoms with Crippen LogP contribution < -0.4 is 9.80 Å². The maximum absolute atomic E-state index is 11.2. The van der Waals surface area contributed by atoms with Crippen molar-refractivity contribution in [1.29, 1.82) is 0 Å². The number of carboxylic acid groups (broad SMARTS) is 1. The summed E-state index contributed by atoms with van der Waals surface area (Å²) in [6.45, 7) is 6.62. The summed E-state index contributed by atoms with van der Waals surface area (Å²) in [5, 5.41) is 10.3. The molecule has 0 saturated carbocycles. The van der Waals surface area contributed by atoms with Gasteiger partial charge in [-0.15, -0.1) is 0 Å². The van der Waals surface area contributed by atoms with Gasteiger partial charge in [0.05, 0.1) is 10.2 Å². The first-order valence-corrected chi connectivity index (χ1v) is 12.3. The highest BCUT2D eigenvalue weighted by Gasteiger charge is 2.23. The number of nitrogens with zero attached hydrogens (tertiary/aromatic N) is 6. The Morgan fingerprint density at radius 1 is 1.09 bits per heavy atom. The van der Waals surface area contributed by atoms with E-state index in [1.165, 1.54) is 20.7 Å². The van der Waals surface area contributed by atoms with Crippen LogP contribution in [0.1, 0.15) is 30.9 Å². The first-order valence-electron chi connectivity index (χ1n) is 11.5. The van der Waals surface area contributed by atoms with Crippen molar-refractivity contribution in [2.24, 2.45) is 0 Å². The third-order valence-corrected chi connectivity index (χ3v) is 7.38. The zero-order valence-electron chi connectivity index (χ0n) is 18.8. The van der Waals surface area contributed by atoms with Gasteiger partial charge < -0.3 is 19.8 Å². The Labute approximate surface area is 197 Å². The monoisotopic (exact) mass is 464 g/mol. The summed E-state index contributed by atoms with van der Waals surface area (Å²) >= 11 is 1.73. The number of thiazole rings is 1. The van der Waals surface area contributed by atoms with Gasteiger partial charge in [0.1, 0.15) is 0 Å². The van der Waals surface area contributed by atoms with E-state index < -0.39 is 6.09 Å². The highest BCUT2D eigenvalue weighted by Crippen LogP contribution is 2.35. The van der Waals surface area contributed by atoms with Crippen LogP contribution in [0.15, 0.2) is 36.7 Å². The number of rotatable bonds is 5. The molecular weight excluding hydrogens is 436 g/mol. The quantitative estimate of drug-likeness (QED) is 0.607. The smallest absolute Gasteiger partial charge is 0.407 e. The zero-order valence-corrected chi connectivity index (χ0v) is 19.6. The number of hydrogen-bond donors (Lipinski definition) is 1. The van der Waals surface area contributed by atoms with Crippen LogP contribution in [0.25, 0.3) is 15.8 Å². The van der Waals surface area contributed by atoms with E-state index in [-0.39, 0.29) is 0 Å². The predicted molar refractivity (Wildman–Crippen MR) is 132 cm³/mol. The van der Waals surface area contributed by atoms with E-state index in [0.717, 1.165) is 61.2 Å². The second-order valence-electron chi connectivity index (χ2n) is 8.47. The fraction of sp³-hybridized carbons (Fsp3) is 0.417. The van der Waals surface area contributed by atoms with Crippen molar-refractivity contribution in [2.45, 2.75) is 26.2 Å². The molecule has 0 bridgehead atoms. The van der Waals surface area contributed by atoms with Gasteiger partial charge in [0.2, 0.25) is 5.95 Å². The van der Waals surface area contributed by atoms with Crippen LogP contribution in [0.4, 0.5) is 15.9 Å². The van der Waals surface area contributed by atoms with Gasteiger partial charge in [0.15, 0.2) is 5.13 Å². The molecule has 3 aromatic rings. The van der Waals surface area contributed by atoms with Crippen LogP contribution in [0.2, 0.25) is 0 Å². The highest BCUT2D eigenvalue weighted by molar-refractivity contribution is 7.22. The largest absolute Gasteiger partial charge is 0.465 e.